The van der Waals surface area contributed by atoms with Crippen LogP contribution in [-0.4, -0.2) is 50.4 Å². The zero-order valence-electron chi connectivity index (χ0n) is 19.7. The van der Waals surface area contributed by atoms with Gasteiger partial charge in [-0.1, -0.05) is 19.3 Å². The molecule has 200 valence electrons. The lowest BCUT2D eigenvalue weighted by Crippen LogP contribution is -2.46. The Morgan fingerprint density at radius 1 is 1.14 bits per heavy atom. The summed E-state index contributed by atoms with van der Waals surface area (Å²) in [6.45, 7) is -1.49. The van der Waals surface area contributed by atoms with Gasteiger partial charge in [-0.25, -0.2) is 13.2 Å². The second-order valence-corrected chi connectivity index (χ2v) is 9.98. The molecule has 1 aliphatic rings. The molecule has 0 saturated heterocycles. The molecule has 1 fully saturated rings. The highest BCUT2D eigenvalue weighted by molar-refractivity contribution is 7.89. The summed E-state index contributed by atoms with van der Waals surface area (Å²) in [4.78, 5) is 45.8. The van der Waals surface area contributed by atoms with E-state index in [1.54, 1.807) is 12.1 Å². The highest BCUT2D eigenvalue weighted by Crippen LogP contribution is 2.28. The number of carbonyl (C=O) groups is 3. The van der Waals surface area contributed by atoms with Crippen molar-refractivity contribution in [3.63, 3.8) is 0 Å². The maximum Gasteiger partial charge on any atom is 0.321 e. The van der Waals surface area contributed by atoms with Crippen LogP contribution in [0.15, 0.2) is 45.9 Å². The molecule has 4 N–H and O–H groups in total. The molecule has 37 heavy (non-hydrogen) atoms. The number of esters is 1. The number of nitrogens with zero attached hydrogens (tertiary/aromatic N) is 1. The standard InChI is InChI=1S/C22H27N5O9S/c28-20(26-22(30)25-15-5-2-1-3-6-15)14-36-21(29)13-24-37(33,34)17-8-9-18(19(11-17)27(31)32)23-12-16-7-4-10-35-16/h4,7-11,15,23-24H,1-3,5-6,12-14H2,(H2,25,26,28,30). The van der Waals surface area contributed by atoms with E-state index in [1.165, 1.54) is 12.3 Å². The molecule has 0 bridgehead atoms. The van der Waals surface area contributed by atoms with Gasteiger partial charge < -0.3 is 19.8 Å². The minimum Gasteiger partial charge on any atom is -0.467 e. The number of furan rings is 1. The van der Waals surface area contributed by atoms with Crippen LogP contribution in [0.25, 0.3) is 0 Å². The first kappa shape index (κ1) is 27.6. The van der Waals surface area contributed by atoms with Crippen molar-refractivity contribution in [1.82, 2.24) is 15.4 Å². The van der Waals surface area contributed by atoms with E-state index in [-0.39, 0.29) is 18.3 Å². The van der Waals surface area contributed by atoms with Gasteiger partial charge in [0, 0.05) is 12.1 Å². The number of imide groups is 1. The summed E-state index contributed by atoms with van der Waals surface area (Å²) in [5.41, 5.74) is -0.432. The van der Waals surface area contributed by atoms with Gasteiger partial charge in [0.25, 0.3) is 11.6 Å². The molecule has 1 aliphatic carbocycles. The van der Waals surface area contributed by atoms with Crippen LogP contribution in [0, 0.1) is 10.1 Å². The number of anilines is 1. The predicted molar refractivity (Wildman–Crippen MR) is 129 cm³/mol. The molecule has 14 nitrogen and oxygen atoms in total. The molecule has 1 heterocycles. The van der Waals surface area contributed by atoms with Gasteiger partial charge in [-0.2, -0.15) is 4.72 Å². The van der Waals surface area contributed by atoms with Crippen molar-refractivity contribution in [2.45, 2.75) is 49.6 Å². The van der Waals surface area contributed by atoms with E-state index in [0.29, 0.717) is 5.76 Å². The molecule has 0 aliphatic heterocycles. The van der Waals surface area contributed by atoms with Crippen LogP contribution < -0.4 is 20.7 Å². The number of carbonyl (C=O) groups excluding carboxylic acids is 3. The van der Waals surface area contributed by atoms with Gasteiger partial charge >= 0.3 is 12.0 Å². The summed E-state index contributed by atoms with van der Waals surface area (Å²) >= 11 is 0. The van der Waals surface area contributed by atoms with Gasteiger partial charge in [0.15, 0.2) is 6.61 Å². The van der Waals surface area contributed by atoms with E-state index in [1.807, 2.05) is 10.0 Å². The lowest BCUT2D eigenvalue weighted by molar-refractivity contribution is -0.384. The Labute approximate surface area is 212 Å². The third-order valence-corrected chi connectivity index (χ3v) is 6.87. The summed E-state index contributed by atoms with van der Waals surface area (Å²) in [5.74, 6) is -1.44. The van der Waals surface area contributed by atoms with E-state index in [0.717, 1.165) is 44.2 Å². The molecule has 0 radical (unpaired) electrons. The Kier molecular flexibility index (Phi) is 9.57. The first-order chi connectivity index (χ1) is 17.6. The topological polar surface area (TPSA) is 199 Å². The molecule has 3 amide bonds. The minimum absolute atomic E-state index is 0.0183. The van der Waals surface area contributed by atoms with Crippen molar-refractivity contribution in [2.24, 2.45) is 0 Å². The highest BCUT2D eigenvalue weighted by atomic mass is 32.2. The van der Waals surface area contributed by atoms with Crippen LogP contribution in [0.3, 0.4) is 0 Å². The molecule has 0 atom stereocenters. The quantitative estimate of drug-likeness (QED) is 0.186. The van der Waals surface area contributed by atoms with Crippen molar-refractivity contribution in [3.05, 3.63) is 52.5 Å². The molecule has 0 unspecified atom stereocenters. The zero-order valence-corrected chi connectivity index (χ0v) is 20.5. The maximum atomic E-state index is 12.5. The van der Waals surface area contributed by atoms with Crippen molar-refractivity contribution >= 4 is 39.3 Å². The van der Waals surface area contributed by atoms with Crippen LogP contribution in [0.1, 0.15) is 37.9 Å². The molecule has 1 saturated carbocycles. The summed E-state index contributed by atoms with van der Waals surface area (Å²) in [6.07, 6.45) is 6.18. The second-order valence-electron chi connectivity index (χ2n) is 8.21. The lowest BCUT2D eigenvalue weighted by atomic mass is 9.96. The van der Waals surface area contributed by atoms with E-state index in [2.05, 4.69) is 15.4 Å². The van der Waals surface area contributed by atoms with Gasteiger partial charge in [-0.05, 0) is 37.1 Å². The third kappa shape index (κ3) is 8.57. The van der Waals surface area contributed by atoms with Crippen LogP contribution in [-0.2, 0) is 30.9 Å². The number of ether oxygens (including phenoxy) is 1. The minimum atomic E-state index is -4.33. The normalized spacial score (nSPS) is 13.9. The lowest BCUT2D eigenvalue weighted by Gasteiger charge is -2.22. The Balaban J connectivity index is 1.47. The van der Waals surface area contributed by atoms with Crippen LogP contribution in [0.4, 0.5) is 16.2 Å². The van der Waals surface area contributed by atoms with Gasteiger partial charge in [0.2, 0.25) is 10.0 Å². The van der Waals surface area contributed by atoms with Crippen molar-refractivity contribution in [1.29, 1.82) is 0 Å². The first-order valence-electron chi connectivity index (χ1n) is 11.4. The average Bonchev–Trinajstić information content (AvgIpc) is 3.39. The number of rotatable bonds is 11. The number of nitro benzene ring substituents is 1. The number of nitrogens with one attached hydrogen (secondary N) is 4. The SMILES string of the molecule is O=C(COC(=O)CNS(=O)(=O)c1ccc(NCc2ccco2)c([N+](=O)[O-])c1)NC(=O)NC1CCCCC1. The van der Waals surface area contributed by atoms with Crippen molar-refractivity contribution < 1.29 is 36.9 Å². The fourth-order valence-corrected chi connectivity index (χ4v) is 4.63. The molecule has 2 aromatic rings. The third-order valence-electron chi connectivity index (χ3n) is 5.47. The first-order valence-corrected chi connectivity index (χ1v) is 12.9. The van der Waals surface area contributed by atoms with Crippen LogP contribution >= 0.6 is 0 Å². The number of sulfonamides is 1. The molecule has 3 rings (SSSR count). The summed E-state index contributed by atoms with van der Waals surface area (Å²) in [5, 5.41) is 19.0. The maximum absolute atomic E-state index is 12.5. The van der Waals surface area contributed by atoms with Gasteiger partial charge in [-0.15, -0.1) is 0 Å². The van der Waals surface area contributed by atoms with E-state index < -0.39 is 56.6 Å². The summed E-state index contributed by atoms with van der Waals surface area (Å²) in [6, 6.07) is 5.79. The molecule has 1 aromatic carbocycles. The smallest absolute Gasteiger partial charge is 0.321 e. The number of urea groups is 1. The molecular formula is C22H27N5O9S. The Hall–Kier alpha value is -3.98. The fraction of sp³-hybridized carbons (Fsp3) is 0.409. The van der Waals surface area contributed by atoms with Gasteiger partial charge in [0.1, 0.15) is 18.0 Å². The number of benzene rings is 1. The van der Waals surface area contributed by atoms with Gasteiger partial charge in [-0.3, -0.25) is 25.0 Å². The Bertz CT molecular complexity index is 1230. The number of hydrogen-bond acceptors (Lipinski definition) is 10. The molecule has 1 aromatic heterocycles. The van der Waals surface area contributed by atoms with Crippen LogP contribution in [0.5, 0.6) is 0 Å². The highest BCUT2D eigenvalue weighted by Gasteiger charge is 2.23. The average molecular weight is 538 g/mol. The molecule has 15 heteroatoms. The second kappa shape index (κ2) is 12.8. The summed E-state index contributed by atoms with van der Waals surface area (Å²) < 4.78 is 36.9. The molecular weight excluding hydrogens is 510 g/mol. The molecule has 0 spiro atoms. The zero-order chi connectivity index (χ0) is 26.8. The van der Waals surface area contributed by atoms with Crippen molar-refractivity contribution in [3.8, 4) is 0 Å². The predicted octanol–water partition coefficient (Wildman–Crippen LogP) is 1.78. The Morgan fingerprint density at radius 3 is 2.57 bits per heavy atom. The van der Waals surface area contributed by atoms with E-state index in [4.69, 9.17) is 4.42 Å². The number of hydrogen-bond donors (Lipinski definition) is 4. The number of nitro groups is 1. The largest absolute Gasteiger partial charge is 0.467 e. The van der Waals surface area contributed by atoms with Gasteiger partial charge in [0.05, 0.1) is 22.6 Å². The monoisotopic (exact) mass is 537 g/mol. The van der Waals surface area contributed by atoms with Crippen LogP contribution in [0.2, 0.25) is 0 Å². The summed E-state index contributed by atoms with van der Waals surface area (Å²) in [7, 11) is -4.33. The van der Waals surface area contributed by atoms with E-state index >= 15 is 0 Å². The Morgan fingerprint density at radius 2 is 1.89 bits per heavy atom. The number of amides is 3. The fourth-order valence-electron chi connectivity index (χ4n) is 3.64. The van der Waals surface area contributed by atoms with Crippen molar-refractivity contribution in [2.75, 3.05) is 18.5 Å². The van der Waals surface area contributed by atoms with E-state index in [9.17, 15) is 32.9 Å².